The molecule has 0 fully saturated rings. The van der Waals surface area contributed by atoms with Crippen LogP contribution in [0.4, 0.5) is 11.6 Å². The van der Waals surface area contributed by atoms with Crippen molar-refractivity contribution < 1.29 is 0 Å². The van der Waals surface area contributed by atoms with Crippen molar-refractivity contribution in [3.8, 4) is 17.3 Å². The maximum atomic E-state index is 9.39. The van der Waals surface area contributed by atoms with Crippen LogP contribution in [0.25, 0.3) is 16.9 Å². The summed E-state index contributed by atoms with van der Waals surface area (Å²) in [5.74, 6) is 0.465. The van der Waals surface area contributed by atoms with E-state index in [1.54, 1.807) is 16.9 Å². The van der Waals surface area contributed by atoms with Crippen molar-refractivity contribution >= 4 is 28.9 Å². The first kappa shape index (κ1) is 18.6. The molecular formula is C19H16ClN9. The van der Waals surface area contributed by atoms with Crippen molar-refractivity contribution in [3.05, 3.63) is 58.9 Å². The molecule has 4 aromatic heterocycles. The van der Waals surface area contributed by atoms with E-state index in [4.69, 9.17) is 22.3 Å². The fourth-order valence-electron chi connectivity index (χ4n) is 3.02. The number of rotatable bonds is 4. The van der Waals surface area contributed by atoms with Crippen LogP contribution in [-0.2, 0) is 0 Å². The van der Waals surface area contributed by atoms with Gasteiger partial charge in [-0.25, -0.2) is 19.5 Å². The summed E-state index contributed by atoms with van der Waals surface area (Å²) in [4.78, 5) is 17.0. The Morgan fingerprint density at radius 1 is 1.34 bits per heavy atom. The van der Waals surface area contributed by atoms with Gasteiger partial charge in [-0.2, -0.15) is 10.4 Å². The largest absolute Gasteiger partial charge is 0.382 e. The van der Waals surface area contributed by atoms with E-state index < -0.39 is 0 Å². The van der Waals surface area contributed by atoms with E-state index in [1.165, 1.54) is 6.33 Å². The summed E-state index contributed by atoms with van der Waals surface area (Å²) in [5, 5.41) is 17.5. The van der Waals surface area contributed by atoms with Crippen molar-refractivity contribution in [2.24, 2.45) is 0 Å². The molecular weight excluding hydrogens is 390 g/mol. The summed E-state index contributed by atoms with van der Waals surface area (Å²) in [6.07, 6.45) is 6.60. The molecule has 4 aromatic rings. The Balaban J connectivity index is 1.86. The van der Waals surface area contributed by atoms with Gasteiger partial charge in [0.1, 0.15) is 34.6 Å². The van der Waals surface area contributed by atoms with Gasteiger partial charge in [-0.05, 0) is 26.0 Å². The maximum absolute atomic E-state index is 9.39. The first-order chi connectivity index (χ1) is 14.0. The van der Waals surface area contributed by atoms with Crippen LogP contribution < -0.4 is 11.1 Å². The number of pyridine rings is 1. The molecule has 0 saturated carbocycles. The van der Waals surface area contributed by atoms with Crippen molar-refractivity contribution in [2.45, 2.75) is 19.9 Å². The second-order valence-electron chi connectivity index (χ2n) is 6.41. The molecule has 0 unspecified atom stereocenters. The number of hydrogen-bond donors (Lipinski definition) is 2. The van der Waals surface area contributed by atoms with Gasteiger partial charge in [0.25, 0.3) is 0 Å². The van der Waals surface area contributed by atoms with Gasteiger partial charge < -0.3 is 11.1 Å². The number of hydrogen-bond acceptors (Lipinski definition) is 8. The summed E-state index contributed by atoms with van der Waals surface area (Å²) in [6, 6.07) is 5.51. The summed E-state index contributed by atoms with van der Waals surface area (Å²) in [7, 11) is 0. The summed E-state index contributed by atoms with van der Waals surface area (Å²) in [6.45, 7) is 3.76. The molecule has 0 amide bonds. The number of nitrogens with one attached hydrogen (secondary N) is 1. The molecule has 0 aromatic carbocycles. The highest BCUT2D eigenvalue weighted by molar-refractivity contribution is 6.34. The normalized spacial score (nSPS) is 11.9. The van der Waals surface area contributed by atoms with Crippen LogP contribution in [-0.4, -0.2) is 29.5 Å². The molecule has 0 bridgehead atoms. The third kappa shape index (κ3) is 3.30. The SMILES string of the molecule is Cc1nn2cc([C@H](C)Nc3ncnc(N)c3C#N)c(-c3cccnc3)nc2c1Cl. The van der Waals surface area contributed by atoms with Gasteiger partial charge in [-0.15, -0.1) is 0 Å². The summed E-state index contributed by atoms with van der Waals surface area (Å²) in [5.41, 5.74) is 9.59. The van der Waals surface area contributed by atoms with Gasteiger partial charge in [0.05, 0.1) is 17.4 Å². The van der Waals surface area contributed by atoms with E-state index in [9.17, 15) is 5.26 Å². The van der Waals surface area contributed by atoms with Crippen molar-refractivity contribution in [1.82, 2.24) is 29.5 Å². The zero-order valence-corrected chi connectivity index (χ0v) is 16.4. The van der Waals surface area contributed by atoms with Crippen LogP contribution in [0.2, 0.25) is 5.02 Å². The van der Waals surface area contributed by atoms with E-state index in [2.05, 4.69) is 25.4 Å². The molecule has 4 rings (SSSR count). The van der Waals surface area contributed by atoms with Gasteiger partial charge in [-0.1, -0.05) is 11.6 Å². The minimum absolute atomic E-state index is 0.118. The number of aromatic nitrogens is 6. The molecule has 0 spiro atoms. The fraction of sp³-hybridized carbons (Fsp3) is 0.158. The zero-order valence-electron chi connectivity index (χ0n) is 15.6. The molecule has 0 aliphatic heterocycles. The topological polar surface area (TPSA) is 131 Å². The van der Waals surface area contributed by atoms with E-state index in [-0.39, 0.29) is 17.4 Å². The molecule has 144 valence electrons. The van der Waals surface area contributed by atoms with Crippen molar-refractivity contribution in [3.63, 3.8) is 0 Å². The van der Waals surface area contributed by atoms with E-state index in [1.807, 2.05) is 38.2 Å². The first-order valence-electron chi connectivity index (χ1n) is 8.72. The molecule has 29 heavy (non-hydrogen) atoms. The first-order valence-corrected chi connectivity index (χ1v) is 9.10. The summed E-state index contributed by atoms with van der Waals surface area (Å²) >= 11 is 6.38. The molecule has 0 radical (unpaired) electrons. The zero-order chi connectivity index (χ0) is 20.5. The Morgan fingerprint density at radius 3 is 2.90 bits per heavy atom. The third-order valence-electron chi connectivity index (χ3n) is 4.48. The second-order valence-corrected chi connectivity index (χ2v) is 6.79. The van der Waals surface area contributed by atoms with Crippen LogP contribution in [0.5, 0.6) is 0 Å². The molecule has 1 atom stereocenters. The number of nitrogens with two attached hydrogens (primary N) is 1. The Bertz CT molecular complexity index is 1240. The van der Waals surface area contributed by atoms with Gasteiger partial charge in [0.15, 0.2) is 5.65 Å². The molecule has 0 saturated heterocycles. The molecule has 3 N–H and O–H groups in total. The van der Waals surface area contributed by atoms with E-state index in [0.717, 1.165) is 11.1 Å². The van der Waals surface area contributed by atoms with Crippen LogP contribution >= 0.6 is 11.6 Å². The maximum Gasteiger partial charge on any atom is 0.174 e. The lowest BCUT2D eigenvalue weighted by molar-refractivity contribution is 0.825. The monoisotopic (exact) mass is 405 g/mol. The Morgan fingerprint density at radius 2 is 2.17 bits per heavy atom. The van der Waals surface area contributed by atoms with Crippen molar-refractivity contribution in [2.75, 3.05) is 11.1 Å². The molecule has 10 heteroatoms. The number of nitrogens with zero attached hydrogens (tertiary/aromatic N) is 7. The lowest BCUT2D eigenvalue weighted by atomic mass is 10.0. The smallest absolute Gasteiger partial charge is 0.174 e. The highest BCUT2D eigenvalue weighted by Gasteiger charge is 2.20. The van der Waals surface area contributed by atoms with Gasteiger partial charge in [-0.3, -0.25) is 4.98 Å². The average Bonchev–Trinajstić information content (AvgIpc) is 3.01. The number of halogens is 1. The minimum atomic E-state index is -0.285. The number of nitrogen functional groups attached to an aromatic ring is 1. The Kier molecular flexibility index (Phi) is 4.70. The van der Waals surface area contributed by atoms with Crippen LogP contribution in [0, 0.1) is 18.3 Å². The fourth-order valence-corrected chi connectivity index (χ4v) is 3.19. The Labute approximate surface area is 171 Å². The molecule has 4 heterocycles. The predicted molar refractivity (Wildman–Crippen MR) is 109 cm³/mol. The van der Waals surface area contributed by atoms with Crippen LogP contribution in [0.1, 0.15) is 29.8 Å². The average molecular weight is 406 g/mol. The highest BCUT2D eigenvalue weighted by Crippen LogP contribution is 2.31. The minimum Gasteiger partial charge on any atom is -0.382 e. The number of fused-ring (bicyclic) bond motifs is 1. The molecule has 0 aliphatic carbocycles. The predicted octanol–water partition coefficient (Wildman–Crippen LogP) is 3.17. The van der Waals surface area contributed by atoms with E-state index >= 15 is 0 Å². The lowest BCUT2D eigenvalue weighted by Gasteiger charge is -2.19. The highest BCUT2D eigenvalue weighted by atomic mass is 35.5. The quantitative estimate of drug-likeness (QED) is 0.529. The van der Waals surface area contributed by atoms with E-state index in [0.29, 0.717) is 27.9 Å². The number of aryl methyl sites for hydroxylation is 1. The van der Waals surface area contributed by atoms with Crippen molar-refractivity contribution in [1.29, 1.82) is 5.26 Å². The lowest BCUT2D eigenvalue weighted by Crippen LogP contribution is -2.14. The molecule has 0 aliphatic rings. The number of nitriles is 1. The third-order valence-corrected chi connectivity index (χ3v) is 4.93. The van der Waals surface area contributed by atoms with Crippen LogP contribution in [0.3, 0.4) is 0 Å². The van der Waals surface area contributed by atoms with Crippen LogP contribution in [0.15, 0.2) is 37.1 Å². The molecule has 9 nitrogen and oxygen atoms in total. The van der Waals surface area contributed by atoms with Gasteiger partial charge in [0.2, 0.25) is 0 Å². The second kappa shape index (κ2) is 7.33. The number of anilines is 2. The standard InChI is InChI=1S/C19H16ClN9/c1-10(26-18-13(6-21)17(22)24-9-25-18)14-8-29-19(15(20)11(2)28-29)27-16(14)12-4-3-5-23-7-12/h3-5,7-10H,1-2H3,(H3,22,24,25,26)/t10-/m0/s1. The van der Waals surface area contributed by atoms with Gasteiger partial charge in [0, 0.05) is 29.7 Å². The van der Waals surface area contributed by atoms with Gasteiger partial charge >= 0.3 is 0 Å². The Hall–Kier alpha value is -3.77. The summed E-state index contributed by atoms with van der Waals surface area (Å²) < 4.78 is 1.64.